The van der Waals surface area contributed by atoms with E-state index in [-0.39, 0.29) is 0 Å². The molecule has 0 radical (unpaired) electrons. The standard InChI is InChI=1S/C11H17N5O/c1-3-6-16-10(4-5-13-16)7-12-8-11-14-9(2)17-15-11/h4-5,12H,3,6-8H2,1-2H3. The number of nitrogens with zero attached hydrogens (tertiary/aromatic N) is 4. The fourth-order valence-electron chi connectivity index (χ4n) is 1.64. The first kappa shape index (κ1) is 11.8. The first-order valence-electron chi connectivity index (χ1n) is 5.80. The first-order valence-corrected chi connectivity index (χ1v) is 5.80. The molecule has 0 saturated heterocycles. The summed E-state index contributed by atoms with van der Waals surface area (Å²) >= 11 is 0. The minimum absolute atomic E-state index is 0.595. The van der Waals surface area contributed by atoms with Gasteiger partial charge in [0.05, 0.1) is 12.2 Å². The van der Waals surface area contributed by atoms with Gasteiger partial charge >= 0.3 is 0 Å². The second-order valence-electron chi connectivity index (χ2n) is 3.88. The molecule has 92 valence electrons. The van der Waals surface area contributed by atoms with Crippen LogP contribution in [0.15, 0.2) is 16.8 Å². The van der Waals surface area contributed by atoms with Crippen LogP contribution in [0, 0.1) is 6.92 Å². The van der Waals surface area contributed by atoms with Crippen molar-refractivity contribution >= 4 is 0 Å². The quantitative estimate of drug-likeness (QED) is 0.816. The molecule has 0 bridgehead atoms. The largest absolute Gasteiger partial charge is 0.340 e. The second kappa shape index (κ2) is 5.58. The lowest BCUT2D eigenvalue weighted by Gasteiger charge is -2.06. The van der Waals surface area contributed by atoms with Gasteiger partial charge in [-0.05, 0) is 12.5 Å². The SMILES string of the molecule is CCCn1nccc1CNCc1noc(C)n1. The van der Waals surface area contributed by atoms with E-state index in [1.165, 1.54) is 5.69 Å². The monoisotopic (exact) mass is 235 g/mol. The fourth-order valence-corrected chi connectivity index (χ4v) is 1.64. The van der Waals surface area contributed by atoms with Crippen molar-refractivity contribution in [1.29, 1.82) is 0 Å². The van der Waals surface area contributed by atoms with E-state index in [4.69, 9.17) is 4.52 Å². The van der Waals surface area contributed by atoms with Gasteiger partial charge in [0.15, 0.2) is 5.82 Å². The lowest BCUT2D eigenvalue weighted by molar-refractivity contribution is 0.385. The number of hydrogen-bond donors (Lipinski definition) is 1. The highest BCUT2D eigenvalue weighted by Gasteiger charge is 2.04. The molecule has 2 aromatic rings. The number of aromatic nitrogens is 4. The van der Waals surface area contributed by atoms with Crippen LogP contribution in [-0.2, 0) is 19.6 Å². The number of aryl methyl sites for hydroxylation is 2. The molecule has 0 aromatic carbocycles. The molecular weight excluding hydrogens is 218 g/mol. The summed E-state index contributed by atoms with van der Waals surface area (Å²) in [4.78, 5) is 4.13. The molecule has 0 spiro atoms. The molecule has 2 rings (SSSR count). The van der Waals surface area contributed by atoms with Crippen LogP contribution in [0.2, 0.25) is 0 Å². The van der Waals surface area contributed by atoms with Crippen LogP contribution in [0.1, 0.15) is 30.8 Å². The molecular formula is C11H17N5O. The summed E-state index contributed by atoms with van der Waals surface area (Å²) in [6.45, 7) is 6.24. The lowest BCUT2D eigenvalue weighted by Crippen LogP contribution is -2.17. The highest BCUT2D eigenvalue weighted by molar-refractivity contribution is 5.00. The van der Waals surface area contributed by atoms with Gasteiger partial charge in [-0.15, -0.1) is 0 Å². The van der Waals surface area contributed by atoms with E-state index in [0.29, 0.717) is 18.3 Å². The predicted molar refractivity (Wildman–Crippen MR) is 62.1 cm³/mol. The summed E-state index contributed by atoms with van der Waals surface area (Å²) in [5.41, 5.74) is 1.17. The van der Waals surface area contributed by atoms with Crippen molar-refractivity contribution in [1.82, 2.24) is 25.2 Å². The molecule has 1 N–H and O–H groups in total. The van der Waals surface area contributed by atoms with Crippen LogP contribution in [0.25, 0.3) is 0 Å². The van der Waals surface area contributed by atoms with Crippen LogP contribution in [0.5, 0.6) is 0 Å². The topological polar surface area (TPSA) is 68.8 Å². The minimum atomic E-state index is 0.595. The molecule has 0 fully saturated rings. The third-order valence-corrected chi connectivity index (χ3v) is 2.40. The summed E-state index contributed by atoms with van der Waals surface area (Å²) in [5.74, 6) is 1.28. The summed E-state index contributed by atoms with van der Waals surface area (Å²) < 4.78 is 6.90. The van der Waals surface area contributed by atoms with Gasteiger partial charge in [-0.25, -0.2) is 0 Å². The van der Waals surface area contributed by atoms with Crippen molar-refractivity contribution in [2.75, 3.05) is 0 Å². The summed E-state index contributed by atoms with van der Waals surface area (Å²) in [7, 11) is 0. The zero-order valence-electron chi connectivity index (χ0n) is 10.2. The third kappa shape index (κ3) is 3.13. The van der Waals surface area contributed by atoms with Gasteiger partial charge < -0.3 is 9.84 Å². The Morgan fingerprint density at radius 1 is 1.41 bits per heavy atom. The number of nitrogens with one attached hydrogen (secondary N) is 1. The van der Waals surface area contributed by atoms with Crippen molar-refractivity contribution in [3.63, 3.8) is 0 Å². The number of hydrogen-bond acceptors (Lipinski definition) is 5. The van der Waals surface area contributed by atoms with Crippen molar-refractivity contribution in [2.45, 2.75) is 39.9 Å². The average molecular weight is 235 g/mol. The van der Waals surface area contributed by atoms with Gasteiger partial charge in [0.25, 0.3) is 0 Å². The van der Waals surface area contributed by atoms with Gasteiger partial charge in [-0.2, -0.15) is 10.1 Å². The molecule has 0 saturated carbocycles. The van der Waals surface area contributed by atoms with E-state index in [1.807, 2.05) is 16.9 Å². The van der Waals surface area contributed by atoms with Crippen molar-refractivity contribution in [2.24, 2.45) is 0 Å². The summed E-state index contributed by atoms with van der Waals surface area (Å²) in [6.07, 6.45) is 2.91. The Labute approximate surface area is 100 Å². The molecule has 6 heteroatoms. The molecule has 0 unspecified atom stereocenters. The first-order chi connectivity index (χ1) is 8.29. The fraction of sp³-hybridized carbons (Fsp3) is 0.545. The van der Waals surface area contributed by atoms with Crippen LogP contribution in [0.3, 0.4) is 0 Å². The van der Waals surface area contributed by atoms with Gasteiger partial charge in [-0.1, -0.05) is 12.1 Å². The molecule has 17 heavy (non-hydrogen) atoms. The molecule has 6 nitrogen and oxygen atoms in total. The highest BCUT2D eigenvalue weighted by Crippen LogP contribution is 2.01. The Morgan fingerprint density at radius 3 is 3.00 bits per heavy atom. The molecule has 0 aliphatic carbocycles. The van der Waals surface area contributed by atoms with Gasteiger partial charge in [0.1, 0.15) is 0 Å². The van der Waals surface area contributed by atoms with Crippen LogP contribution >= 0.6 is 0 Å². The lowest BCUT2D eigenvalue weighted by atomic mass is 10.4. The van der Waals surface area contributed by atoms with Crippen molar-refractivity contribution in [3.8, 4) is 0 Å². The van der Waals surface area contributed by atoms with Gasteiger partial charge in [0.2, 0.25) is 5.89 Å². The molecule has 2 aromatic heterocycles. The zero-order chi connectivity index (χ0) is 12.1. The third-order valence-electron chi connectivity index (χ3n) is 2.40. The van der Waals surface area contributed by atoms with Crippen LogP contribution in [0.4, 0.5) is 0 Å². The van der Waals surface area contributed by atoms with Gasteiger partial charge in [-0.3, -0.25) is 4.68 Å². The molecule has 2 heterocycles. The maximum Gasteiger partial charge on any atom is 0.223 e. The van der Waals surface area contributed by atoms with Crippen LogP contribution < -0.4 is 5.32 Å². The Kier molecular flexibility index (Phi) is 3.87. The molecule has 0 aliphatic rings. The average Bonchev–Trinajstić information content (AvgIpc) is 2.90. The Hall–Kier alpha value is -1.69. The van der Waals surface area contributed by atoms with Crippen LogP contribution in [-0.4, -0.2) is 19.9 Å². The normalized spacial score (nSPS) is 10.9. The maximum atomic E-state index is 4.90. The molecule has 0 atom stereocenters. The van der Waals surface area contributed by atoms with E-state index < -0.39 is 0 Å². The Bertz CT molecular complexity index is 462. The Balaban J connectivity index is 1.83. The summed E-state index contributed by atoms with van der Waals surface area (Å²) in [6, 6.07) is 2.02. The smallest absolute Gasteiger partial charge is 0.223 e. The van der Waals surface area contributed by atoms with E-state index in [1.54, 1.807) is 6.92 Å². The number of rotatable bonds is 6. The van der Waals surface area contributed by atoms with Crippen molar-refractivity contribution < 1.29 is 4.52 Å². The highest BCUT2D eigenvalue weighted by atomic mass is 16.5. The van der Waals surface area contributed by atoms with Crippen molar-refractivity contribution in [3.05, 3.63) is 29.7 Å². The molecule has 0 amide bonds. The Morgan fingerprint density at radius 2 is 2.29 bits per heavy atom. The van der Waals surface area contributed by atoms with E-state index in [0.717, 1.165) is 19.5 Å². The summed E-state index contributed by atoms with van der Waals surface area (Å²) in [5, 5.41) is 11.4. The van der Waals surface area contributed by atoms with E-state index in [9.17, 15) is 0 Å². The zero-order valence-corrected chi connectivity index (χ0v) is 10.2. The predicted octanol–water partition coefficient (Wildman–Crippen LogP) is 1.27. The molecule has 0 aliphatic heterocycles. The second-order valence-corrected chi connectivity index (χ2v) is 3.88. The van der Waals surface area contributed by atoms with E-state index >= 15 is 0 Å². The maximum absolute atomic E-state index is 4.90. The van der Waals surface area contributed by atoms with Gasteiger partial charge in [0, 0.05) is 26.2 Å². The van der Waals surface area contributed by atoms with E-state index in [2.05, 4.69) is 27.5 Å². The minimum Gasteiger partial charge on any atom is -0.340 e.